The molecule has 3 fully saturated rings. The molecule has 5 heteroatoms. The third-order valence-electron chi connectivity index (χ3n) is 11.1. The van der Waals surface area contributed by atoms with Crippen LogP contribution in [0.4, 0.5) is 0 Å². The van der Waals surface area contributed by atoms with Crippen molar-refractivity contribution in [2.75, 3.05) is 0 Å². The van der Waals surface area contributed by atoms with Crippen LogP contribution in [0.15, 0.2) is 11.5 Å². The maximum Gasteiger partial charge on any atom is 0.307 e. The topological polar surface area (TPSA) is 69.4 Å². The average molecular weight is 474 g/mol. The first-order valence-electron chi connectivity index (χ1n) is 14.0. The Morgan fingerprint density at radius 2 is 1.76 bits per heavy atom. The molecule has 34 heavy (non-hydrogen) atoms. The summed E-state index contributed by atoms with van der Waals surface area (Å²) in [7, 11) is 0. The number of rotatable bonds is 7. The van der Waals surface area contributed by atoms with Gasteiger partial charge in [0.05, 0.1) is 4.92 Å². The smallest absolute Gasteiger partial charge is 0.307 e. The molecule has 4 rings (SSSR count). The highest BCUT2D eigenvalue weighted by atomic mass is 16.6. The van der Waals surface area contributed by atoms with Crippen molar-refractivity contribution in [1.29, 1.82) is 0 Å². The van der Waals surface area contributed by atoms with Gasteiger partial charge in [-0.2, -0.15) is 0 Å². The van der Waals surface area contributed by atoms with E-state index in [0.717, 1.165) is 30.1 Å². The standard InChI is InChI=1S/C29H47NO4/c1-18(2)8-7-9-19(3)23-12-13-24-22-11-10-21-16-27(34-20(4)31)26(30(32)33)17-29(21,6)25(22)14-15-28(23,24)5/h18-19,21-25H,7-17H2,1-6H3/t19-,21-,22-,23+,24-,25-,28+,29-/m0/s1. The summed E-state index contributed by atoms with van der Waals surface area (Å²) in [5, 5.41) is 12.0. The molecular weight excluding hydrogens is 426 g/mol. The summed E-state index contributed by atoms with van der Waals surface area (Å²) in [5.41, 5.74) is 0.532. The van der Waals surface area contributed by atoms with Crippen LogP contribution < -0.4 is 0 Å². The summed E-state index contributed by atoms with van der Waals surface area (Å²) in [6, 6.07) is 0. The van der Waals surface area contributed by atoms with E-state index >= 15 is 0 Å². The van der Waals surface area contributed by atoms with Gasteiger partial charge < -0.3 is 4.74 Å². The molecule has 0 heterocycles. The van der Waals surface area contributed by atoms with Gasteiger partial charge in [-0.1, -0.05) is 53.9 Å². The van der Waals surface area contributed by atoms with E-state index in [0.29, 0.717) is 41.8 Å². The van der Waals surface area contributed by atoms with Crippen molar-refractivity contribution in [3.8, 4) is 0 Å². The number of ether oxygens (including phenoxy) is 1. The molecule has 0 N–H and O–H groups in total. The highest BCUT2D eigenvalue weighted by molar-refractivity contribution is 5.67. The highest BCUT2D eigenvalue weighted by Gasteiger charge is 2.61. The maximum absolute atomic E-state index is 12.0. The van der Waals surface area contributed by atoms with E-state index in [1.807, 2.05) is 0 Å². The molecule has 0 radical (unpaired) electrons. The van der Waals surface area contributed by atoms with E-state index in [-0.39, 0.29) is 16.0 Å². The lowest BCUT2D eigenvalue weighted by atomic mass is 9.44. The number of carbonyl (C=O) groups excluding carboxylic acids is 1. The lowest BCUT2D eigenvalue weighted by Crippen LogP contribution is -2.53. The average Bonchev–Trinajstić information content (AvgIpc) is 3.10. The van der Waals surface area contributed by atoms with E-state index in [1.165, 1.54) is 58.3 Å². The normalized spacial score (nSPS) is 40.4. The Morgan fingerprint density at radius 3 is 2.41 bits per heavy atom. The number of fused-ring (bicyclic) bond motifs is 5. The Bertz CT molecular complexity index is 834. The van der Waals surface area contributed by atoms with Gasteiger partial charge >= 0.3 is 5.97 Å². The summed E-state index contributed by atoms with van der Waals surface area (Å²) in [4.78, 5) is 23.3. The Labute approximate surface area is 206 Å². The van der Waals surface area contributed by atoms with Crippen LogP contribution in [-0.2, 0) is 9.53 Å². The molecule has 4 aliphatic rings. The molecule has 0 amide bonds. The molecule has 0 bridgehead atoms. The third-order valence-corrected chi connectivity index (χ3v) is 11.1. The number of carbonyl (C=O) groups is 1. The molecular formula is C29H47NO4. The van der Waals surface area contributed by atoms with Crippen LogP contribution >= 0.6 is 0 Å². The fourth-order valence-corrected chi connectivity index (χ4v) is 9.41. The van der Waals surface area contributed by atoms with Gasteiger partial charge in [0.2, 0.25) is 0 Å². The summed E-state index contributed by atoms with van der Waals surface area (Å²) < 4.78 is 5.37. The largest absolute Gasteiger partial charge is 0.424 e. The second-order valence-electron chi connectivity index (χ2n) is 13.3. The predicted molar refractivity (Wildman–Crippen MR) is 134 cm³/mol. The summed E-state index contributed by atoms with van der Waals surface area (Å²) >= 11 is 0. The molecule has 0 unspecified atom stereocenters. The zero-order valence-electron chi connectivity index (χ0n) is 22.4. The van der Waals surface area contributed by atoms with Crippen LogP contribution in [0.5, 0.6) is 0 Å². The number of allylic oxidation sites excluding steroid dienone is 2. The van der Waals surface area contributed by atoms with E-state index in [4.69, 9.17) is 4.74 Å². The van der Waals surface area contributed by atoms with Crippen LogP contribution in [-0.4, -0.2) is 10.9 Å². The van der Waals surface area contributed by atoms with Crippen molar-refractivity contribution in [3.05, 3.63) is 21.6 Å². The molecule has 0 saturated heterocycles. The molecule has 0 aliphatic heterocycles. The fourth-order valence-electron chi connectivity index (χ4n) is 9.41. The van der Waals surface area contributed by atoms with Crippen LogP contribution in [0.25, 0.3) is 0 Å². The Kier molecular flexibility index (Phi) is 7.24. The van der Waals surface area contributed by atoms with Gasteiger partial charge in [0.15, 0.2) is 5.76 Å². The van der Waals surface area contributed by atoms with Crippen molar-refractivity contribution >= 4 is 5.97 Å². The van der Waals surface area contributed by atoms with Gasteiger partial charge in [0.25, 0.3) is 5.70 Å². The molecule has 192 valence electrons. The van der Waals surface area contributed by atoms with Gasteiger partial charge in [-0.25, -0.2) is 0 Å². The molecule has 0 aromatic heterocycles. The molecule has 4 aliphatic carbocycles. The van der Waals surface area contributed by atoms with E-state index in [1.54, 1.807) is 0 Å². The molecule has 0 aromatic carbocycles. The monoisotopic (exact) mass is 473 g/mol. The van der Waals surface area contributed by atoms with Gasteiger partial charge in [-0.3, -0.25) is 14.9 Å². The van der Waals surface area contributed by atoms with Gasteiger partial charge in [0, 0.05) is 19.8 Å². The lowest BCUT2D eigenvalue weighted by molar-refractivity contribution is -0.436. The van der Waals surface area contributed by atoms with E-state index < -0.39 is 5.97 Å². The fraction of sp³-hybridized carbons (Fsp3) is 0.897. The van der Waals surface area contributed by atoms with E-state index in [2.05, 4.69) is 34.6 Å². The zero-order chi connectivity index (χ0) is 24.8. The van der Waals surface area contributed by atoms with Crippen LogP contribution in [0.2, 0.25) is 0 Å². The third kappa shape index (κ3) is 4.46. The van der Waals surface area contributed by atoms with E-state index in [9.17, 15) is 14.9 Å². The minimum absolute atomic E-state index is 0.0583. The van der Waals surface area contributed by atoms with Crippen molar-refractivity contribution in [2.24, 2.45) is 52.3 Å². The van der Waals surface area contributed by atoms with Crippen LogP contribution in [0.1, 0.15) is 112 Å². The second kappa shape index (κ2) is 9.58. The molecule has 5 nitrogen and oxygen atoms in total. The quantitative estimate of drug-likeness (QED) is 0.215. The minimum Gasteiger partial charge on any atom is -0.424 e. The Morgan fingerprint density at radius 1 is 1.06 bits per heavy atom. The van der Waals surface area contributed by atoms with Gasteiger partial charge in [-0.05, 0) is 90.8 Å². The zero-order valence-corrected chi connectivity index (χ0v) is 22.4. The minimum atomic E-state index is -0.445. The first-order chi connectivity index (χ1) is 16.0. The molecule has 8 atom stereocenters. The number of hydrogen-bond donors (Lipinski definition) is 0. The van der Waals surface area contributed by atoms with Crippen LogP contribution in [0, 0.1) is 62.4 Å². The van der Waals surface area contributed by atoms with Gasteiger partial charge in [0.1, 0.15) is 0 Å². The number of esters is 1. The predicted octanol–water partition coefficient (Wildman–Crippen LogP) is 7.77. The summed E-state index contributed by atoms with van der Waals surface area (Å²) in [6.07, 6.45) is 12.6. The van der Waals surface area contributed by atoms with Gasteiger partial charge in [-0.15, -0.1) is 0 Å². The summed E-state index contributed by atoms with van der Waals surface area (Å²) in [5.74, 6) is 4.68. The number of hydrogen-bond acceptors (Lipinski definition) is 4. The van der Waals surface area contributed by atoms with Crippen molar-refractivity contribution < 1.29 is 14.5 Å². The number of nitro groups is 1. The molecule has 0 aromatic rings. The maximum atomic E-state index is 12.0. The van der Waals surface area contributed by atoms with Crippen molar-refractivity contribution in [3.63, 3.8) is 0 Å². The summed E-state index contributed by atoms with van der Waals surface area (Å²) in [6.45, 7) is 13.4. The Hall–Kier alpha value is -1.39. The highest BCUT2D eigenvalue weighted by Crippen LogP contribution is 2.68. The van der Waals surface area contributed by atoms with Crippen molar-refractivity contribution in [1.82, 2.24) is 0 Å². The molecule has 0 spiro atoms. The SMILES string of the molecule is CC(=O)OC1=C([N+](=O)[O-])C[C@@]2(C)[C@@H](CC[C@@H]3[C@@H]2CC[C@]2(C)[C@@H]([C@@H](C)CCCC(C)C)CC[C@@H]32)C1. The second-order valence-corrected chi connectivity index (χ2v) is 13.3. The van der Waals surface area contributed by atoms with Crippen molar-refractivity contribution in [2.45, 2.75) is 112 Å². The first-order valence-corrected chi connectivity index (χ1v) is 14.0. The molecule has 3 saturated carbocycles. The van der Waals surface area contributed by atoms with Crippen LogP contribution in [0.3, 0.4) is 0 Å². The number of nitrogens with zero attached hydrogens (tertiary/aromatic N) is 1. The Balaban J connectivity index is 1.53. The first kappa shape index (κ1) is 25.7. The lowest BCUT2D eigenvalue weighted by Gasteiger charge is -2.60.